The summed E-state index contributed by atoms with van der Waals surface area (Å²) in [6.07, 6.45) is 0. The summed E-state index contributed by atoms with van der Waals surface area (Å²) in [5.41, 5.74) is 19.2. The second kappa shape index (κ2) is 11.8. The molecule has 13 heteroatoms. The van der Waals surface area contributed by atoms with Crippen LogP contribution in [0.1, 0.15) is 38.3 Å². The molecule has 0 atom stereocenters. The fraction of sp³-hybridized carbons (Fsp3) is 0.192. The highest BCUT2D eigenvalue weighted by Gasteiger charge is 2.14. The monoisotopic (exact) mass is 530 g/mol. The Labute approximate surface area is 223 Å². The number of carbonyl (C=O) groups excluding carboxylic acids is 3. The maximum absolute atomic E-state index is 12.9. The number of amides is 3. The van der Waals surface area contributed by atoms with E-state index in [1.54, 1.807) is 55.5 Å². The van der Waals surface area contributed by atoms with Gasteiger partial charge in [-0.15, -0.1) is 0 Å². The van der Waals surface area contributed by atoms with E-state index in [4.69, 9.17) is 17.2 Å². The van der Waals surface area contributed by atoms with E-state index in [1.165, 1.54) is 0 Å². The number of fused-ring (bicyclic) bond motifs is 2. The number of anilines is 1. The van der Waals surface area contributed by atoms with E-state index in [9.17, 15) is 14.4 Å². The third-order valence-corrected chi connectivity index (χ3v) is 5.70. The minimum Gasteiger partial charge on any atom is -0.388 e. The fourth-order valence-corrected chi connectivity index (χ4v) is 3.88. The molecule has 0 aliphatic rings. The Bertz CT molecular complexity index is 1590. The molecule has 39 heavy (non-hydrogen) atoms. The lowest BCUT2D eigenvalue weighted by atomic mass is 10.1. The van der Waals surface area contributed by atoms with E-state index in [0.717, 1.165) is 10.9 Å². The lowest BCUT2D eigenvalue weighted by molar-refractivity contribution is 0.0944. The van der Waals surface area contributed by atoms with Gasteiger partial charge in [-0.3, -0.25) is 24.4 Å². The number of nitrogens with one attached hydrogen (secondary N) is 5. The van der Waals surface area contributed by atoms with Crippen molar-refractivity contribution in [3.63, 3.8) is 0 Å². The number of nitrogens with zero attached hydrogens (tertiary/aromatic N) is 2. The molecule has 2 heterocycles. The van der Waals surface area contributed by atoms with Crippen molar-refractivity contribution < 1.29 is 14.4 Å². The van der Waals surface area contributed by atoms with Gasteiger partial charge in [0, 0.05) is 46.1 Å². The first-order valence-electron chi connectivity index (χ1n) is 12.1. The predicted molar refractivity (Wildman–Crippen MR) is 152 cm³/mol. The molecule has 0 saturated heterocycles. The smallest absolute Gasteiger partial charge is 0.272 e. The summed E-state index contributed by atoms with van der Waals surface area (Å²) in [4.78, 5) is 51.7. The van der Waals surface area contributed by atoms with Crippen LogP contribution in [-0.4, -0.2) is 65.7 Å². The Balaban J connectivity index is 1.40. The van der Waals surface area contributed by atoms with Crippen LogP contribution in [0.3, 0.4) is 0 Å². The van der Waals surface area contributed by atoms with Gasteiger partial charge in [-0.1, -0.05) is 0 Å². The van der Waals surface area contributed by atoms with Gasteiger partial charge in [0.1, 0.15) is 11.4 Å². The molecule has 0 spiro atoms. The largest absolute Gasteiger partial charge is 0.388 e. The molecule has 11 N–H and O–H groups in total. The van der Waals surface area contributed by atoms with Crippen LogP contribution in [0, 0.1) is 0 Å². The minimum atomic E-state index is -0.349. The van der Waals surface area contributed by atoms with Gasteiger partial charge < -0.3 is 43.1 Å². The number of hydrogen-bond donors (Lipinski definition) is 8. The normalized spacial score (nSPS) is 11.4. The Morgan fingerprint density at radius 3 is 2.00 bits per heavy atom. The zero-order valence-corrected chi connectivity index (χ0v) is 21.3. The van der Waals surface area contributed by atoms with Crippen LogP contribution >= 0.6 is 0 Å². The van der Waals surface area contributed by atoms with Crippen molar-refractivity contribution in [1.82, 2.24) is 20.6 Å². The molecule has 2 aromatic carbocycles. The zero-order chi connectivity index (χ0) is 27.9. The Hall–Kier alpha value is -5.33. The second-order valence-corrected chi connectivity index (χ2v) is 8.77. The molecule has 0 fully saturated rings. The summed E-state index contributed by atoms with van der Waals surface area (Å²) in [6, 6.07) is 13.8. The molecule has 2 aromatic heterocycles. The van der Waals surface area contributed by atoms with Crippen LogP contribution in [0.2, 0.25) is 0 Å². The number of guanidine groups is 1. The maximum Gasteiger partial charge on any atom is 0.272 e. The summed E-state index contributed by atoms with van der Waals surface area (Å²) in [6.45, 7) is 3.01. The first kappa shape index (κ1) is 26.7. The van der Waals surface area contributed by atoms with Gasteiger partial charge in [-0.2, -0.15) is 0 Å². The van der Waals surface area contributed by atoms with E-state index in [2.05, 4.69) is 35.9 Å². The van der Waals surface area contributed by atoms with E-state index in [-0.39, 0.29) is 36.8 Å². The van der Waals surface area contributed by atoms with Gasteiger partial charge in [0.15, 0.2) is 5.96 Å². The summed E-state index contributed by atoms with van der Waals surface area (Å²) < 4.78 is 0. The van der Waals surface area contributed by atoms with Gasteiger partial charge in [0.05, 0.1) is 18.9 Å². The number of nitrogens with two attached hydrogens (primary N) is 3. The van der Waals surface area contributed by atoms with Crippen LogP contribution in [0.15, 0.2) is 58.5 Å². The Morgan fingerprint density at radius 2 is 1.33 bits per heavy atom. The molecule has 4 aromatic rings. The van der Waals surface area contributed by atoms with Crippen LogP contribution < -0.4 is 33.2 Å². The maximum atomic E-state index is 12.9. The first-order valence-corrected chi connectivity index (χ1v) is 12.1. The Morgan fingerprint density at radius 1 is 0.744 bits per heavy atom. The number of H-pyrrole nitrogens is 2. The minimum absolute atomic E-state index is 0.0373. The van der Waals surface area contributed by atoms with Gasteiger partial charge in [-0.25, -0.2) is 0 Å². The van der Waals surface area contributed by atoms with E-state index in [1.807, 2.05) is 0 Å². The summed E-state index contributed by atoms with van der Waals surface area (Å²) in [5, 5.41) is 9.85. The molecular weight excluding hydrogens is 500 g/mol. The van der Waals surface area contributed by atoms with E-state index >= 15 is 0 Å². The number of hydrogen-bond acceptors (Lipinski definition) is 5. The molecule has 0 aliphatic heterocycles. The first-order chi connectivity index (χ1) is 18.7. The van der Waals surface area contributed by atoms with Gasteiger partial charge in [0.2, 0.25) is 0 Å². The van der Waals surface area contributed by atoms with Gasteiger partial charge in [0.25, 0.3) is 17.7 Å². The Kier molecular flexibility index (Phi) is 8.09. The predicted octanol–water partition coefficient (Wildman–Crippen LogP) is 1.01. The molecule has 0 unspecified atom stereocenters. The van der Waals surface area contributed by atoms with Crippen molar-refractivity contribution in [1.29, 1.82) is 0 Å². The third-order valence-electron chi connectivity index (χ3n) is 5.70. The molecule has 0 bridgehead atoms. The van der Waals surface area contributed by atoms with Crippen molar-refractivity contribution in [3.05, 3.63) is 65.5 Å². The highest BCUT2D eigenvalue weighted by molar-refractivity contribution is 6.08. The number of aliphatic imine (C=N–C) groups is 2. The van der Waals surface area contributed by atoms with Crippen LogP contribution in [0.25, 0.3) is 21.8 Å². The van der Waals surface area contributed by atoms with Crippen LogP contribution in [0.5, 0.6) is 0 Å². The van der Waals surface area contributed by atoms with E-state index < -0.39 is 0 Å². The average molecular weight is 531 g/mol. The topological polar surface area (TPSA) is 222 Å². The molecule has 4 rings (SSSR count). The number of rotatable bonds is 10. The number of aromatic nitrogens is 2. The molecule has 13 nitrogen and oxygen atoms in total. The molecule has 0 saturated carbocycles. The lowest BCUT2D eigenvalue weighted by Crippen LogP contribution is -2.28. The molecule has 0 aliphatic carbocycles. The summed E-state index contributed by atoms with van der Waals surface area (Å²) in [5.74, 6) is -0.465. The van der Waals surface area contributed by atoms with Gasteiger partial charge in [-0.05, 0) is 55.5 Å². The van der Waals surface area contributed by atoms with Crippen LogP contribution in [0.4, 0.5) is 5.69 Å². The average Bonchev–Trinajstić information content (AvgIpc) is 3.52. The standard InChI is InChI=1S/C26H30N10O3/c1-14(27)30-6-7-32-24(38)21-13-17-11-18(3-5-20(17)35-21)34-25(39)22-12-16-10-15(2-4-19(16)36-22)23(37)31-8-9-33-26(28)29/h2-5,10-13,35-36H,6-9H2,1H3,(H2,27,30)(H,31,37)(H,32,38)(H,34,39)(H4,28,29,33). The second-order valence-electron chi connectivity index (χ2n) is 8.77. The lowest BCUT2D eigenvalue weighted by Gasteiger charge is -2.03. The van der Waals surface area contributed by atoms with Gasteiger partial charge >= 0.3 is 0 Å². The van der Waals surface area contributed by atoms with Crippen molar-refractivity contribution in [2.45, 2.75) is 6.92 Å². The quantitative estimate of drug-likeness (QED) is 0.0848. The number of carbonyl (C=O) groups is 3. The number of amidine groups is 1. The van der Waals surface area contributed by atoms with Crippen molar-refractivity contribution in [2.24, 2.45) is 27.2 Å². The van der Waals surface area contributed by atoms with Crippen LogP contribution in [-0.2, 0) is 0 Å². The van der Waals surface area contributed by atoms with Crippen molar-refractivity contribution in [3.8, 4) is 0 Å². The highest BCUT2D eigenvalue weighted by atomic mass is 16.2. The van der Waals surface area contributed by atoms with Crippen molar-refractivity contribution in [2.75, 3.05) is 31.5 Å². The summed E-state index contributed by atoms with van der Waals surface area (Å²) in [7, 11) is 0. The molecule has 0 radical (unpaired) electrons. The molecule has 202 valence electrons. The number of aromatic amines is 2. The molecule has 3 amide bonds. The van der Waals surface area contributed by atoms with Crippen molar-refractivity contribution >= 4 is 57.0 Å². The SMILES string of the molecule is CC(N)=NCCNC(=O)c1cc2cc(NC(=O)c3cc4cc(C(=O)NCCN=C(N)N)ccc4[nH]3)ccc2[nH]1. The summed E-state index contributed by atoms with van der Waals surface area (Å²) >= 11 is 0. The van der Waals surface area contributed by atoms with E-state index in [0.29, 0.717) is 52.5 Å². The number of benzene rings is 2. The zero-order valence-electron chi connectivity index (χ0n) is 21.3. The fourth-order valence-electron chi connectivity index (χ4n) is 3.88. The molecular formula is C26H30N10O3. The third kappa shape index (κ3) is 6.91. The highest BCUT2D eigenvalue weighted by Crippen LogP contribution is 2.22.